The number of anilines is 3. The van der Waals surface area contributed by atoms with Crippen molar-refractivity contribution in [2.24, 2.45) is 0 Å². The van der Waals surface area contributed by atoms with Gasteiger partial charge in [0, 0.05) is 17.1 Å². The topological polar surface area (TPSA) is 3.24 Å². The van der Waals surface area contributed by atoms with Crippen LogP contribution in [-0.4, -0.2) is 0 Å². The SMILES string of the molecule is C(=C\c1ccc(-c2c3ccccc3c(-c3ccc(N(c4ccccc4)c4ccc5ccccc5c4)cc3)c3ccccc23)cc1)/c1ccc(-c2cccc3ccccc23)cc1. The summed E-state index contributed by atoms with van der Waals surface area (Å²) in [6.07, 6.45) is 4.41. The summed E-state index contributed by atoms with van der Waals surface area (Å²) in [6.45, 7) is 0. The van der Waals surface area contributed by atoms with Gasteiger partial charge in [-0.15, -0.1) is 0 Å². The molecule has 0 unspecified atom stereocenters. The number of nitrogens with zero attached hydrogens (tertiary/aromatic N) is 1. The highest BCUT2D eigenvalue weighted by Crippen LogP contribution is 2.45. The van der Waals surface area contributed by atoms with Crippen LogP contribution in [-0.2, 0) is 0 Å². The molecule has 0 aliphatic heterocycles. The summed E-state index contributed by atoms with van der Waals surface area (Å²) in [5.74, 6) is 0. The molecule has 11 rings (SSSR count). The average Bonchev–Trinajstić information content (AvgIpc) is 3.33. The van der Waals surface area contributed by atoms with E-state index in [0.717, 1.165) is 17.1 Å². The Morgan fingerprint density at radius 1 is 0.262 bits per heavy atom. The number of rotatable bonds is 8. The van der Waals surface area contributed by atoms with E-state index in [2.05, 4.69) is 254 Å². The lowest BCUT2D eigenvalue weighted by molar-refractivity contribution is 1.29. The third kappa shape index (κ3) is 6.83. The van der Waals surface area contributed by atoms with Crippen molar-refractivity contribution in [3.8, 4) is 33.4 Å². The van der Waals surface area contributed by atoms with Crippen molar-refractivity contribution in [1.29, 1.82) is 0 Å². The van der Waals surface area contributed by atoms with E-state index in [4.69, 9.17) is 0 Å². The molecule has 11 aromatic carbocycles. The molecule has 0 spiro atoms. The van der Waals surface area contributed by atoms with Crippen molar-refractivity contribution < 1.29 is 0 Å². The quantitative estimate of drug-likeness (QED) is 0.110. The van der Waals surface area contributed by atoms with Crippen molar-refractivity contribution in [1.82, 2.24) is 0 Å². The van der Waals surface area contributed by atoms with Crippen LogP contribution in [0.5, 0.6) is 0 Å². The highest BCUT2D eigenvalue weighted by atomic mass is 15.1. The molecule has 1 heteroatoms. The molecule has 61 heavy (non-hydrogen) atoms. The van der Waals surface area contributed by atoms with Crippen LogP contribution in [0, 0.1) is 0 Å². The molecular weight excluding hydrogens is 735 g/mol. The van der Waals surface area contributed by atoms with Crippen LogP contribution in [0.25, 0.3) is 88.6 Å². The van der Waals surface area contributed by atoms with Gasteiger partial charge in [-0.3, -0.25) is 0 Å². The molecule has 286 valence electrons. The maximum atomic E-state index is 2.34. The normalized spacial score (nSPS) is 11.5. The standard InChI is InChI=1S/C60H41N/c1-2-17-50(18-3-1)61(52-40-35-44-13-4-5-15-49(44)41-52)51-38-36-48(37-39-51)60-57-22-10-8-20-55(57)59(56-21-9-11-23-58(56)60)47-33-29-43(30-34-47)26-25-42-27-31-46(32-28-42)54-24-12-16-45-14-6-7-19-53(45)54/h1-41H/b26-25+. The molecule has 0 fully saturated rings. The third-order valence-corrected chi connectivity index (χ3v) is 12.0. The van der Waals surface area contributed by atoms with E-state index in [1.807, 2.05) is 0 Å². The van der Waals surface area contributed by atoms with E-state index in [-0.39, 0.29) is 0 Å². The monoisotopic (exact) mass is 775 g/mol. The lowest BCUT2D eigenvalue weighted by atomic mass is 9.86. The molecule has 11 aromatic rings. The number of para-hydroxylation sites is 1. The van der Waals surface area contributed by atoms with Gasteiger partial charge < -0.3 is 4.90 Å². The number of hydrogen-bond donors (Lipinski definition) is 0. The van der Waals surface area contributed by atoms with E-state index in [1.54, 1.807) is 0 Å². The predicted octanol–water partition coefficient (Wildman–Crippen LogP) is 16.9. The Morgan fingerprint density at radius 3 is 1.28 bits per heavy atom. The summed E-state index contributed by atoms with van der Waals surface area (Å²) in [6, 6.07) is 85.8. The summed E-state index contributed by atoms with van der Waals surface area (Å²) in [5.41, 5.74) is 13.1. The second-order valence-electron chi connectivity index (χ2n) is 15.7. The van der Waals surface area contributed by atoms with Crippen LogP contribution < -0.4 is 4.90 Å². The fraction of sp³-hybridized carbons (Fsp3) is 0. The number of benzene rings is 11. The van der Waals surface area contributed by atoms with Gasteiger partial charge in [0.25, 0.3) is 0 Å². The number of fused-ring (bicyclic) bond motifs is 4. The van der Waals surface area contributed by atoms with Crippen LogP contribution >= 0.6 is 0 Å². The first-order valence-corrected chi connectivity index (χ1v) is 21.0. The van der Waals surface area contributed by atoms with Gasteiger partial charge in [-0.05, 0) is 124 Å². The zero-order chi connectivity index (χ0) is 40.5. The first-order chi connectivity index (χ1) is 30.2. The van der Waals surface area contributed by atoms with E-state index in [0.29, 0.717) is 0 Å². The second kappa shape index (κ2) is 15.6. The lowest BCUT2D eigenvalue weighted by Crippen LogP contribution is -2.09. The summed E-state index contributed by atoms with van der Waals surface area (Å²) in [7, 11) is 0. The Kier molecular flexibility index (Phi) is 9.26. The zero-order valence-electron chi connectivity index (χ0n) is 33.6. The fourth-order valence-electron chi connectivity index (χ4n) is 9.07. The Labute approximate surface area is 356 Å². The summed E-state index contributed by atoms with van der Waals surface area (Å²) in [4.78, 5) is 2.34. The maximum absolute atomic E-state index is 2.34. The highest BCUT2D eigenvalue weighted by molar-refractivity contribution is 6.21. The predicted molar refractivity (Wildman–Crippen MR) is 263 cm³/mol. The van der Waals surface area contributed by atoms with Gasteiger partial charge in [0.05, 0.1) is 0 Å². The zero-order valence-corrected chi connectivity index (χ0v) is 33.6. The molecule has 0 atom stereocenters. The second-order valence-corrected chi connectivity index (χ2v) is 15.7. The largest absolute Gasteiger partial charge is 0.310 e. The van der Waals surface area contributed by atoms with Crippen LogP contribution in [0.3, 0.4) is 0 Å². The van der Waals surface area contributed by atoms with Gasteiger partial charge in [0.15, 0.2) is 0 Å². The van der Waals surface area contributed by atoms with Gasteiger partial charge in [-0.1, -0.05) is 212 Å². The van der Waals surface area contributed by atoms with E-state index in [1.165, 1.54) is 87.6 Å². The average molecular weight is 776 g/mol. The smallest absolute Gasteiger partial charge is 0.0468 e. The minimum absolute atomic E-state index is 1.11. The minimum Gasteiger partial charge on any atom is -0.310 e. The van der Waals surface area contributed by atoms with Gasteiger partial charge in [-0.25, -0.2) is 0 Å². The van der Waals surface area contributed by atoms with Gasteiger partial charge in [0.1, 0.15) is 0 Å². The first kappa shape index (κ1) is 36.1. The van der Waals surface area contributed by atoms with Crippen LogP contribution in [0.2, 0.25) is 0 Å². The van der Waals surface area contributed by atoms with Crippen molar-refractivity contribution in [2.45, 2.75) is 0 Å². The number of hydrogen-bond acceptors (Lipinski definition) is 1. The Bertz CT molecular complexity index is 3320. The van der Waals surface area contributed by atoms with Gasteiger partial charge >= 0.3 is 0 Å². The summed E-state index contributed by atoms with van der Waals surface area (Å²) < 4.78 is 0. The molecule has 0 N–H and O–H groups in total. The molecule has 0 radical (unpaired) electrons. The van der Waals surface area contributed by atoms with Crippen molar-refractivity contribution in [2.75, 3.05) is 4.90 Å². The molecule has 0 saturated heterocycles. The highest BCUT2D eigenvalue weighted by Gasteiger charge is 2.18. The summed E-state index contributed by atoms with van der Waals surface area (Å²) in [5, 5.41) is 9.98. The lowest BCUT2D eigenvalue weighted by Gasteiger charge is -2.26. The molecule has 0 aliphatic carbocycles. The Morgan fingerprint density at radius 2 is 0.689 bits per heavy atom. The molecule has 0 saturated carbocycles. The molecule has 0 bridgehead atoms. The van der Waals surface area contributed by atoms with E-state index >= 15 is 0 Å². The minimum atomic E-state index is 1.11. The van der Waals surface area contributed by atoms with Crippen molar-refractivity contribution in [3.05, 3.63) is 248 Å². The van der Waals surface area contributed by atoms with E-state index in [9.17, 15) is 0 Å². The molecule has 0 aliphatic rings. The van der Waals surface area contributed by atoms with Crippen LogP contribution in [0.15, 0.2) is 237 Å². The molecule has 0 heterocycles. The third-order valence-electron chi connectivity index (χ3n) is 12.0. The molecule has 1 nitrogen and oxygen atoms in total. The van der Waals surface area contributed by atoms with Crippen molar-refractivity contribution in [3.63, 3.8) is 0 Å². The molecular formula is C60H41N. The van der Waals surface area contributed by atoms with Crippen LogP contribution in [0.1, 0.15) is 11.1 Å². The van der Waals surface area contributed by atoms with Crippen molar-refractivity contribution >= 4 is 72.3 Å². The molecule has 0 amide bonds. The van der Waals surface area contributed by atoms with Gasteiger partial charge in [0.2, 0.25) is 0 Å². The van der Waals surface area contributed by atoms with Crippen LogP contribution in [0.4, 0.5) is 17.1 Å². The Balaban J connectivity index is 0.925. The fourth-order valence-corrected chi connectivity index (χ4v) is 9.07. The van der Waals surface area contributed by atoms with E-state index < -0.39 is 0 Å². The van der Waals surface area contributed by atoms with Gasteiger partial charge in [-0.2, -0.15) is 0 Å². The molecule has 0 aromatic heterocycles. The first-order valence-electron chi connectivity index (χ1n) is 21.0. The summed E-state index contributed by atoms with van der Waals surface area (Å²) >= 11 is 0. The Hall–Kier alpha value is -8.00. The maximum Gasteiger partial charge on any atom is 0.0468 e.